The first kappa shape index (κ1) is 15.0. The topological polar surface area (TPSA) is 25.6 Å². The van der Waals surface area contributed by atoms with Crippen molar-refractivity contribution >= 4 is 11.0 Å². The minimum Gasteiger partial charge on any atom is -0.493 e. The van der Waals surface area contributed by atoms with Crippen LogP contribution in [0.2, 0.25) is 0 Å². The summed E-state index contributed by atoms with van der Waals surface area (Å²) < 4.78 is 11.4. The summed E-state index contributed by atoms with van der Waals surface area (Å²) in [5, 5.41) is 1.18. The summed E-state index contributed by atoms with van der Waals surface area (Å²) in [6.07, 6.45) is 7.70. The van der Waals surface area contributed by atoms with Gasteiger partial charge in [0.1, 0.15) is 5.76 Å². The minimum absolute atomic E-state index is 0.571. The van der Waals surface area contributed by atoms with Crippen LogP contribution in [0.25, 0.3) is 11.0 Å². The molecule has 1 aliphatic heterocycles. The molecule has 22 heavy (non-hydrogen) atoms. The highest BCUT2D eigenvalue weighted by atomic mass is 16.5. The molecule has 1 aromatic carbocycles. The van der Waals surface area contributed by atoms with Gasteiger partial charge in [0.15, 0.2) is 11.3 Å². The van der Waals surface area contributed by atoms with Crippen molar-refractivity contribution < 1.29 is 9.15 Å². The lowest BCUT2D eigenvalue weighted by Crippen LogP contribution is -2.33. The molecule has 0 amide bonds. The molecule has 0 N–H and O–H groups in total. The third kappa shape index (κ3) is 2.60. The maximum atomic E-state index is 5.86. The molecule has 0 unspecified atom stereocenters. The molecule has 0 bridgehead atoms. The van der Waals surface area contributed by atoms with Crippen LogP contribution < -0.4 is 4.74 Å². The lowest BCUT2D eigenvalue weighted by atomic mass is 9.88. The molecule has 0 spiro atoms. The highest BCUT2D eigenvalue weighted by molar-refractivity contribution is 5.88. The predicted molar refractivity (Wildman–Crippen MR) is 89.5 cm³/mol. The van der Waals surface area contributed by atoms with E-state index in [9.17, 15) is 0 Å². The van der Waals surface area contributed by atoms with Gasteiger partial charge in [0.05, 0.1) is 13.7 Å². The summed E-state index contributed by atoms with van der Waals surface area (Å²) in [5.74, 6) is 5.12. The van der Waals surface area contributed by atoms with Crippen LogP contribution in [0.5, 0.6) is 5.75 Å². The standard InChI is InChI=1S/C19H23NO2/c1-5-8-20-9-6-15(7-10-20)16-11-17-13(2)14(3)22-19(17)18(12-16)21-4/h1,11-12,15H,6-10H2,2-4H3. The van der Waals surface area contributed by atoms with E-state index in [-0.39, 0.29) is 0 Å². The maximum absolute atomic E-state index is 5.86. The number of piperidine rings is 1. The van der Waals surface area contributed by atoms with Crippen molar-refractivity contribution in [2.75, 3.05) is 26.7 Å². The van der Waals surface area contributed by atoms with Crippen LogP contribution in [0.15, 0.2) is 16.5 Å². The Hall–Kier alpha value is -1.92. The third-order valence-corrected chi connectivity index (χ3v) is 4.86. The van der Waals surface area contributed by atoms with E-state index in [2.05, 4.69) is 29.9 Å². The average molecular weight is 297 g/mol. The number of methoxy groups -OCH3 is 1. The zero-order valence-electron chi connectivity index (χ0n) is 13.6. The zero-order chi connectivity index (χ0) is 15.7. The molecule has 1 saturated heterocycles. The fraction of sp³-hybridized carbons (Fsp3) is 0.474. The highest BCUT2D eigenvalue weighted by Crippen LogP contribution is 2.38. The summed E-state index contributed by atoms with van der Waals surface area (Å²) in [6, 6.07) is 4.43. The third-order valence-electron chi connectivity index (χ3n) is 4.86. The summed E-state index contributed by atoms with van der Waals surface area (Å²) in [7, 11) is 1.71. The number of ether oxygens (including phenoxy) is 1. The molecule has 116 valence electrons. The Balaban J connectivity index is 1.92. The molecular weight excluding hydrogens is 274 g/mol. The number of terminal acetylenes is 1. The molecule has 0 aliphatic carbocycles. The molecule has 2 aromatic rings. The van der Waals surface area contributed by atoms with Crippen LogP contribution in [0.1, 0.15) is 35.6 Å². The van der Waals surface area contributed by atoms with Crippen molar-refractivity contribution in [3.05, 3.63) is 29.0 Å². The summed E-state index contributed by atoms with van der Waals surface area (Å²) in [4.78, 5) is 2.35. The number of hydrogen-bond acceptors (Lipinski definition) is 3. The van der Waals surface area contributed by atoms with E-state index >= 15 is 0 Å². The number of benzene rings is 1. The smallest absolute Gasteiger partial charge is 0.176 e. The average Bonchev–Trinajstić information content (AvgIpc) is 2.83. The van der Waals surface area contributed by atoms with Gasteiger partial charge in [-0.15, -0.1) is 6.42 Å². The van der Waals surface area contributed by atoms with Gasteiger partial charge < -0.3 is 9.15 Å². The van der Waals surface area contributed by atoms with E-state index in [4.69, 9.17) is 15.6 Å². The predicted octanol–water partition coefficient (Wildman–Crippen LogP) is 3.87. The number of fused-ring (bicyclic) bond motifs is 1. The maximum Gasteiger partial charge on any atom is 0.176 e. The first-order valence-electron chi connectivity index (χ1n) is 7.87. The van der Waals surface area contributed by atoms with Gasteiger partial charge >= 0.3 is 0 Å². The second-order valence-corrected chi connectivity index (χ2v) is 6.14. The van der Waals surface area contributed by atoms with Crippen molar-refractivity contribution in [3.8, 4) is 18.1 Å². The van der Waals surface area contributed by atoms with Crippen LogP contribution >= 0.6 is 0 Å². The first-order valence-corrected chi connectivity index (χ1v) is 7.87. The van der Waals surface area contributed by atoms with Crippen LogP contribution in [0.4, 0.5) is 0 Å². The Kier molecular flexibility index (Phi) is 4.13. The molecular formula is C19H23NO2. The number of hydrogen-bond donors (Lipinski definition) is 0. The van der Waals surface area contributed by atoms with Gasteiger partial charge in [-0.25, -0.2) is 0 Å². The van der Waals surface area contributed by atoms with Gasteiger partial charge in [-0.05, 0) is 69.0 Å². The molecule has 3 rings (SSSR count). The fourth-order valence-electron chi connectivity index (χ4n) is 3.37. The molecule has 1 fully saturated rings. The van der Waals surface area contributed by atoms with Crippen molar-refractivity contribution in [2.45, 2.75) is 32.6 Å². The normalized spacial score (nSPS) is 16.8. The Morgan fingerprint density at radius 3 is 2.68 bits per heavy atom. The lowest BCUT2D eigenvalue weighted by Gasteiger charge is -2.31. The van der Waals surface area contributed by atoms with E-state index in [1.165, 1.54) is 16.5 Å². The van der Waals surface area contributed by atoms with Crippen molar-refractivity contribution in [1.82, 2.24) is 4.90 Å². The second kappa shape index (κ2) is 6.06. The summed E-state index contributed by atoms with van der Waals surface area (Å²) in [6.45, 7) is 7.01. The van der Waals surface area contributed by atoms with Crippen LogP contribution in [0.3, 0.4) is 0 Å². The Labute approximate surface area is 132 Å². The Bertz CT molecular complexity index is 715. The number of nitrogens with zero attached hydrogens (tertiary/aromatic N) is 1. The molecule has 3 heteroatoms. The molecule has 1 aromatic heterocycles. The van der Waals surface area contributed by atoms with Crippen molar-refractivity contribution in [1.29, 1.82) is 0 Å². The molecule has 1 aliphatic rings. The van der Waals surface area contributed by atoms with Crippen LogP contribution in [0, 0.1) is 26.2 Å². The van der Waals surface area contributed by atoms with Crippen molar-refractivity contribution in [2.24, 2.45) is 0 Å². The molecule has 0 saturated carbocycles. The fourth-order valence-corrected chi connectivity index (χ4v) is 3.37. The Morgan fingerprint density at radius 1 is 1.32 bits per heavy atom. The minimum atomic E-state index is 0.571. The summed E-state index contributed by atoms with van der Waals surface area (Å²) >= 11 is 0. The van der Waals surface area contributed by atoms with E-state index < -0.39 is 0 Å². The number of furan rings is 1. The van der Waals surface area contributed by atoms with Crippen LogP contribution in [-0.2, 0) is 0 Å². The highest BCUT2D eigenvalue weighted by Gasteiger charge is 2.22. The second-order valence-electron chi connectivity index (χ2n) is 6.14. The number of likely N-dealkylation sites (tertiary alicyclic amines) is 1. The van der Waals surface area contributed by atoms with Gasteiger partial charge in [0.2, 0.25) is 0 Å². The van der Waals surface area contributed by atoms with Crippen LogP contribution in [-0.4, -0.2) is 31.6 Å². The van der Waals surface area contributed by atoms with Gasteiger partial charge in [0.25, 0.3) is 0 Å². The first-order chi connectivity index (χ1) is 10.6. The molecule has 3 nitrogen and oxygen atoms in total. The molecule has 0 atom stereocenters. The quantitative estimate of drug-likeness (QED) is 0.804. The SMILES string of the molecule is C#CCN1CCC(c2cc(OC)c3oc(C)c(C)c3c2)CC1. The van der Waals surface area contributed by atoms with Gasteiger partial charge in [0, 0.05) is 5.39 Å². The molecule has 2 heterocycles. The number of aryl methyl sites for hydroxylation is 2. The van der Waals surface area contributed by atoms with Gasteiger partial charge in [-0.2, -0.15) is 0 Å². The number of rotatable bonds is 3. The van der Waals surface area contributed by atoms with E-state index in [1.54, 1.807) is 7.11 Å². The largest absolute Gasteiger partial charge is 0.493 e. The van der Waals surface area contributed by atoms with Gasteiger partial charge in [-0.3, -0.25) is 4.90 Å². The van der Waals surface area contributed by atoms with E-state index in [0.717, 1.165) is 49.6 Å². The Morgan fingerprint density at radius 2 is 2.05 bits per heavy atom. The van der Waals surface area contributed by atoms with Gasteiger partial charge in [-0.1, -0.05) is 5.92 Å². The monoisotopic (exact) mass is 297 g/mol. The molecule has 0 radical (unpaired) electrons. The zero-order valence-corrected chi connectivity index (χ0v) is 13.6. The summed E-state index contributed by atoms with van der Waals surface area (Å²) in [5.41, 5.74) is 3.43. The van der Waals surface area contributed by atoms with E-state index in [0.29, 0.717) is 5.92 Å². The lowest BCUT2D eigenvalue weighted by molar-refractivity contribution is 0.235. The van der Waals surface area contributed by atoms with E-state index in [1.807, 2.05) is 6.92 Å². The van der Waals surface area contributed by atoms with Crippen molar-refractivity contribution in [3.63, 3.8) is 0 Å².